The summed E-state index contributed by atoms with van der Waals surface area (Å²) < 4.78 is 36.1. The van der Waals surface area contributed by atoms with Gasteiger partial charge in [0.1, 0.15) is 5.25 Å². The van der Waals surface area contributed by atoms with E-state index >= 15 is 0 Å². The Morgan fingerprint density at radius 2 is 1.82 bits per heavy atom. The number of nitrogens with one attached hydrogen (secondary N) is 1. The average molecular weight is 476 g/mol. The van der Waals surface area contributed by atoms with Crippen molar-refractivity contribution in [2.24, 2.45) is 0 Å². The second-order valence-corrected chi connectivity index (χ2v) is 10.4. The number of aromatic nitrogens is 2. The van der Waals surface area contributed by atoms with Crippen molar-refractivity contribution in [3.63, 3.8) is 0 Å². The van der Waals surface area contributed by atoms with Crippen LogP contribution >= 0.6 is 0 Å². The molecule has 0 bridgehead atoms. The molecule has 1 saturated carbocycles. The summed E-state index contributed by atoms with van der Waals surface area (Å²) in [6, 6.07) is 20.9. The largest absolute Gasteiger partial charge is 0.331 e. The zero-order valence-corrected chi connectivity index (χ0v) is 19.4. The third-order valence-corrected chi connectivity index (χ3v) is 8.02. The lowest BCUT2D eigenvalue weighted by molar-refractivity contribution is -0.115. The van der Waals surface area contributed by atoms with Crippen LogP contribution in [0.1, 0.15) is 35.1 Å². The SMILES string of the molecule is Cc1ccccc1C1CC(n2cnc(NC(=O)Cc3cccc4ccccc34)c2)C1S(=O)(=O)O. The monoisotopic (exact) mass is 475 g/mol. The highest BCUT2D eigenvalue weighted by Crippen LogP contribution is 2.49. The molecule has 3 atom stereocenters. The topological polar surface area (TPSA) is 101 Å². The molecule has 5 rings (SSSR count). The van der Waals surface area contributed by atoms with Crippen molar-refractivity contribution in [1.29, 1.82) is 0 Å². The van der Waals surface area contributed by atoms with Crippen molar-refractivity contribution >= 4 is 32.6 Å². The van der Waals surface area contributed by atoms with Crippen LogP contribution in [0.15, 0.2) is 79.3 Å². The quantitative estimate of drug-likeness (QED) is 0.400. The van der Waals surface area contributed by atoms with Gasteiger partial charge in [0.25, 0.3) is 10.1 Å². The second kappa shape index (κ2) is 8.70. The van der Waals surface area contributed by atoms with Crippen molar-refractivity contribution in [3.8, 4) is 0 Å². The highest BCUT2D eigenvalue weighted by atomic mass is 32.2. The van der Waals surface area contributed by atoms with Crippen molar-refractivity contribution in [2.75, 3.05) is 5.32 Å². The number of aryl methyl sites for hydroxylation is 1. The first-order valence-electron chi connectivity index (χ1n) is 11.1. The van der Waals surface area contributed by atoms with E-state index in [1.165, 1.54) is 6.33 Å². The molecule has 0 saturated heterocycles. The lowest BCUT2D eigenvalue weighted by Gasteiger charge is -2.43. The van der Waals surface area contributed by atoms with Gasteiger partial charge in [-0.15, -0.1) is 0 Å². The van der Waals surface area contributed by atoms with Crippen molar-refractivity contribution < 1.29 is 17.8 Å². The van der Waals surface area contributed by atoms with E-state index in [0.717, 1.165) is 27.5 Å². The van der Waals surface area contributed by atoms with Gasteiger partial charge in [0, 0.05) is 12.1 Å². The third-order valence-electron chi connectivity index (χ3n) is 6.69. The molecule has 1 heterocycles. The van der Waals surface area contributed by atoms with Crippen LogP contribution in [0.4, 0.5) is 5.82 Å². The van der Waals surface area contributed by atoms with Crippen molar-refractivity contribution in [3.05, 3.63) is 95.9 Å². The number of fused-ring (bicyclic) bond motifs is 1. The van der Waals surface area contributed by atoms with Gasteiger partial charge in [0.15, 0.2) is 5.82 Å². The Balaban J connectivity index is 1.31. The summed E-state index contributed by atoms with van der Waals surface area (Å²) in [4.78, 5) is 16.9. The first-order valence-corrected chi connectivity index (χ1v) is 12.6. The van der Waals surface area contributed by atoms with Gasteiger partial charge in [0.05, 0.1) is 18.8 Å². The number of anilines is 1. The van der Waals surface area contributed by atoms with Gasteiger partial charge in [-0.3, -0.25) is 9.35 Å². The molecular weight excluding hydrogens is 450 g/mol. The van der Waals surface area contributed by atoms with Gasteiger partial charge in [0.2, 0.25) is 5.91 Å². The normalized spacial score (nSPS) is 20.1. The Morgan fingerprint density at radius 3 is 2.62 bits per heavy atom. The minimum absolute atomic E-state index is 0.195. The fourth-order valence-corrected chi connectivity index (χ4v) is 6.32. The molecule has 34 heavy (non-hydrogen) atoms. The van der Waals surface area contributed by atoms with Crippen LogP contribution in [0, 0.1) is 6.92 Å². The van der Waals surface area contributed by atoms with Gasteiger partial charge in [-0.1, -0.05) is 66.7 Å². The van der Waals surface area contributed by atoms with Gasteiger partial charge in [-0.2, -0.15) is 8.42 Å². The minimum Gasteiger partial charge on any atom is -0.331 e. The van der Waals surface area contributed by atoms with Crippen molar-refractivity contribution in [2.45, 2.75) is 37.0 Å². The van der Waals surface area contributed by atoms with E-state index in [4.69, 9.17) is 0 Å². The van der Waals surface area contributed by atoms with Gasteiger partial charge in [-0.05, 0) is 40.8 Å². The molecule has 3 unspecified atom stereocenters. The number of hydrogen-bond acceptors (Lipinski definition) is 4. The molecule has 8 heteroatoms. The predicted octanol–water partition coefficient (Wildman–Crippen LogP) is 4.51. The van der Waals surface area contributed by atoms with E-state index < -0.39 is 21.4 Å². The number of amides is 1. The Labute approximate surface area is 198 Å². The van der Waals surface area contributed by atoms with Gasteiger partial charge in [-0.25, -0.2) is 4.98 Å². The van der Waals surface area contributed by atoms with Gasteiger partial charge < -0.3 is 9.88 Å². The maximum absolute atomic E-state index is 12.7. The third kappa shape index (κ3) is 4.22. The molecule has 7 nitrogen and oxygen atoms in total. The molecule has 1 aliphatic carbocycles. The summed E-state index contributed by atoms with van der Waals surface area (Å²) in [6.07, 6.45) is 3.87. The molecule has 4 aromatic rings. The van der Waals surface area contributed by atoms with Crippen LogP contribution in [-0.2, 0) is 21.3 Å². The van der Waals surface area contributed by atoms with E-state index in [-0.39, 0.29) is 18.2 Å². The van der Waals surface area contributed by atoms with Crippen LogP contribution in [-0.4, -0.2) is 33.7 Å². The Morgan fingerprint density at radius 1 is 1.09 bits per heavy atom. The standard InChI is InChI=1S/C26H25N3O4S/c1-17-7-2-4-11-20(17)22-14-23(26(22)34(31,32)33)29-15-24(27-16-29)28-25(30)13-19-10-6-9-18-8-3-5-12-21(18)19/h2-12,15-16,22-23,26H,13-14H2,1H3,(H,28,30)(H,31,32,33). The number of imidazole rings is 1. The molecule has 1 aromatic heterocycles. The Kier molecular flexibility index (Phi) is 5.71. The van der Waals surface area contributed by atoms with Crippen LogP contribution in [0.2, 0.25) is 0 Å². The highest BCUT2D eigenvalue weighted by molar-refractivity contribution is 7.86. The summed E-state index contributed by atoms with van der Waals surface area (Å²) in [5.41, 5.74) is 2.83. The molecule has 1 amide bonds. The second-order valence-electron chi connectivity index (χ2n) is 8.82. The Bertz CT molecular complexity index is 1470. The van der Waals surface area contributed by atoms with E-state index in [0.29, 0.717) is 12.2 Å². The summed E-state index contributed by atoms with van der Waals surface area (Å²) in [7, 11) is -4.29. The number of rotatable bonds is 6. The molecule has 174 valence electrons. The van der Waals surface area contributed by atoms with E-state index in [2.05, 4.69) is 10.3 Å². The van der Waals surface area contributed by atoms with Crippen LogP contribution in [0.3, 0.4) is 0 Å². The smallest absolute Gasteiger partial charge is 0.270 e. The van der Waals surface area contributed by atoms with Gasteiger partial charge >= 0.3 is 0 Å². The molecule has 2 N–H and O–H groups in total. The van der Waals surface area contributed by atoms with E-state index in [1.807, 2.05) is 73.7 Å². The first-order chi connectivity index (χ1) is 16.3. The highest BCUT2D eigenvalue weighted by Gasteiger charge is 2.50. The number of nitrogens with zero attached hydrogens (tertiary/aromatic N) is 2. The summed E-state index contributed by atoms with van der Waals surface area (Å²) in [5.74, 6) is -0.161. The lowest BCUT2D eigenvalue weighted by atomic mass is 9.74. The zero-order chi connectivity index (χ0) is 23.9. The number of carbonyl (C=O) groups excluding carboxylic acids is 1. The zero-order valence-electron chi connectivity index (χ0n) is 18.6. The molecule has 0 aliphatic heterocycles. The molecule has 0 radical (unpaired) electrons. The lowest BCUT2D eigenvalue weighted by Crippen LogP contribution is -2.46. The van der Waals surface area contributed by atoms with Crippen LogP contribution in [0.5, 0.6) is 0 Å². The summed E-state index contributed by atoms with van der Waals surface area (Å²) >= 11 is 0. The molecular formula is C26H25N3O4S. The fraction of sp³-hybridized carbons (Fsp3) is 0.231. The molecule has 0 spiro atoms. The summed E-state index contributed by atoms with van der Waals surface area (Å²) in [6.45, 7) is 1.94. The van der Waals surface area contributed by atoms with Crippen LogP contribution < -0.4 is 5.32 Å². The Hall–Kier alpha value is -3.49. The molecule has 3 aromatic carbocycles. The maximum atomic E-state index is 12.7. The average Bonchev–Trinajstić information content (AvgIpc) is 3.21. The first kappa shape index (κ1) is 22.3. The number of benzene rings is 3. The molecule has 1 aliphatic rings. The summed E-state index contributed by atoms with van der Waals surface area (Å²) in [5, 5.41) is 3.93. The minimum atomic E-state index is -4.29. The van der Waals surface area contributed by atoms with Crippen LogP contribution in [0.25, 0.3) is 10.8 Å². The number of carbonyl (C=O) groups is 1. The van der Waals surface area contributed by atoms with E-state index in [1.54, 1.807) is 10.8 Å². The van der Waals surface area contributed by atoms with E-state index in [9.17, 15) is 17.8 Å². The number of hydrogen-bond donors (Lipinski definition) is 2. The molecule has 1 fully saturated rings. The fourth-order valence-electron chi connectivity index (χ4n) is 4.99. The maximum Gasteiger partial charge on any atom is 0.270 e. The van der Waals surface area contributed by atoms with Crippen molar-refractivity contribution in [1.82, 2.24) is 9.55 Å². The predicted molar refractivity (Wildman–Crippen MR) is 131 cm³/mol.